The number of nitrogens with one attached hydrogen (secondary N) is 1. The van der Waals surface area contributed by atoms with E-state index >= 15 is 0 Å². The molecule has 1 aromatic heterocycles. The molecule has 0 fully saturated rings. The highest BCUT2D eigenvalue weighted by atomic mass is 16.5. The van der Waals surface area contributed by atoms with Crippen LogP contribution in [0.5, 0.6) is 5.75 Å². The average Bonchev–Trinajstić information content (AvgIpc) is 3.07. The second-order valence-corrected chi connectivity index (χ2v) is 5.44. The fourth-order valence-corrected chi connectivity index (χ4v) is 2.46. The standard InChI is InChI=1S/C18H18N4O3/c1-25-17-9-14(18(23)24)7-8-16(17)19-10-15-11-20-21-22(15)12-13-5-3-2-4-6-13/h2-9,11,19H,10,12H2,1H3,(H,23,24). The van der Waals surface area contributed by atoms with Crippen LogP contribution in [0.4, 0.5) is 5.69 Å². The van der Waals surface area contributed by atoms with Crippen LogP contribution in [0, 0.1) is 0 Å². The van der Waals surface area contributed by atoms with E-state index in [4.69, 9.17) is 9.84 Å². The van der Waals surface area contributed by atoms with Gasteiger partial charge in [0.15, 0.2) is 0 Å². The minimum atomic E-state index is -0.991. The highest BCUT2D eigenvalue weighted by Crippen LogP contribution is 2.26. The summed E-state index contributed by atoms with van der Waals surface area (Å²) in [7, 11) is 1.51. The third-order valence-corrected chi connectivity index (χ3v) is 3.78. The maximum atomic E-state index is 11.0. The molecule has 0 aliphatic heterocycles. The van der Waals surface area contributed by atoms with E-state index < -0.39 is 5.97 Å². The maximum Gasteiger partial charge on any atom is 0.335 e. The van der Waals surface area contributed by atoms with E-state index in [0.29, 0.717) is 24.5 Å². The van der Waals surface area contributed by atoms with Crippen molar-refractivity contribution in [2.75, 3.05) is 12.4 Å². The summed E-state index contributed by atoms with van der Waals surface area (Å²) in [5.74, 6) is -0.517. The Hall–Kier alpha value is -3.35. The number of methoxy groups -OCH3 is 1. The number of benzene rings is 2. The minimum Gasteiger partial charge on any atom is -0.495 e. The van der Waals surface area contributed by atoms with Crippen molar-refractivity contribution >= 4 is 11.7 Å². The SMILES string of the molecule is COc1cc(C(=O)O)ccc1NCc1cnnn1Cc1ccccc1. The first-order chi connectivity index (χ1) is 12.2. The van der Waals surface area contributed by atoms with Gasteiger partial charge in [0.05, 0.1) is 43.3 Å². The van der Waals surface area contributed by atoms with Crippen LogP contribution in [0.2, 0.25) is 0 Å². The zero-order chi connectivity index (χ0) is 17.6. The molecule has 0 aliphatic carbocycles. The minimum absolute atomic E-state index is 0.179. The zero-order valence-electron chi connectivity index (χ0n) is 13.7. The monoisotopic (exact) mass is 338 g/mol. The predicted molar refractivity (Wildman–Crippen MR) is 92.8 cm³/mol. The molecule has 0 spiro atoms. The second-order valence-electron chi connectivity index (χ2n) is 5.44. The van der Waals surface area contributed by atoms with Crippen molar-refractivity contribution in [1.29, 1.82) is 0 Å². The first kappa shape index (κ1) is 16.5. The lowest BCUT2D eigenvalue weighted by molar-refractivity contribution is 0.0696. The molecular formula is C18H18N4O3. The zero-order valence-corrected chi connectivity index (χ0v) is 13.7. The van der Waals surface area contributed by atoms with E-state index in [-0.39, 0.29) is 5.56 Å². The number of ether oxygens (including phenoxy) is 1. The van der Waals surface area contributed by atoms with Gasteiger partial charge in [0, 0.05) is 0 Å². The molecule has 0 amide bonds. The summed E-state index contributed by atoms with van der Waals surface area (Å²) in [6.07, 6.45) is 1.70. The van der Waals surface area contributed by atoms with Gasteiger partial charge in [0.1, 0.15) is 5.75 Å². The van der Waals surface area contributed by atoms with Crippen LogP contribution in [0.15, 0.2) is 54.7 Å². The van der Waals surface area contributed by atoms with E-state index in [9.17, 15) is 4.79 Å². The number of carboxylic acids is 1. The molecule has 0 saturated heterocycles. The molecule has 2 N–H and O–H groups in total. The van der Waals surface area contributed by atoms with Gasteiger partial charge in [-0.1, -0.05) is 35.5 Å². The molecule has 128 valence electrons. The first-order valence-corrected chi connectivity index (χ1v) is 7.74. The Morgan fingerprint density at radius 1 is 1.24 bits per heavy atom. The predicted octanol–water partition coefficient (Wildman–Crippen LogP) is 2.65. The lowest BCUT2D eigenvalue weighted by Crippen LogP contribution is -2.11. The molecule has 0 aliphatic rings. The molecule has 0 radical (unpaired) electrons. The van der Waals surface area contributed by atoms with E-state index in [2.05, 4.69) is 15.6 Å². The quantitative estimate of drug-likeness (QED) is 0.688. The van der Waals surface area contributed by atoms with Crippen LogP contribution in [-0.2, 0) is 13.1 Å². The fraction of sp³-hybridized carbons (Fsp3) is 0.167. The van der Waals surface area contributed by atoms with Crippen molar-refractivity contribution in [3.63, 3.8) is 0 Å². The van der Waals surface area contributed by atoms with Crippen molar-refractivity contribution in [1.82, 2.24) is 15.0 Å². The lowest BCUT2D eigenvalue weighted by Gasteiger charge is -2.12. The van der Waals surface area contributed by atoms with Gasteiger partial charge in [-0.25, -0.2) is 9.48 Å². The van der Waals surface area contributed by atoms with Crippen molar-refractivity contribution < 1.29 is 14.6 Å². The van der Waals surface area contributed by atoms with Crippen molar-refractivity contribution in [3.8, 4) is 5.75 Å². The Bertz CT molecular complexity index is 862. The van der Waals surface area contributed by atoms with E-state index in [0.717, 1.165) is 11.3 Å². The molecule has 7 nitrogen and oxygen atoms in total. The van der Waals surface area contributed by atoms with E-state index in [1.165, 1.54) is 19.2 Å². The number of aromatic nitrogens is 3. The number of carbonyl (C=O) groups is 1. The van der Waals surface area contributed by atoms with Gasteiger partial charge in [-0.05, 0) is 23.8 Å². The number of hydrogen-bond donors (Lipinski definition) is 2. The third kappa shape index (κ3) is 3.95. The summed E-state index contributed by atoms with van der Waals surface area (Å²) in [5.41, 5.74) is 2.93. The van der Waals surface area contributed by atoms with Gasteiger partial charge >= 0.3 is 5.97 Å². The Kier molecular flexibility index (Phi) is 4.94. The smallest absolute Gasteiger partial charge is 0.335 e. The number of anilines is 1. The van der Waals surface area contributed by atoms with Gasteiger partial charge in [0.25, 0.3) is 0 Å². The van der Waals surface area contributed by atoms with Gasteiger partial charge in [-0.2, -0.15) is 0 Å². The molecule has 2 aromatic carbocycles. The van der Waals surface area contributed by atoms with Crippen molar-refractivity contribution in [2.24, 2.45) is 0 Å². The summed E-state index contributed by atoms with van der Waals surface area (Å²) in [6, 6.07) is 14.7. The molecule has 0 unspecified atom stereocenters. The van der Waals surface area contributed by atoms with Crippen molar-refractivity contribution in [2.45, 2.75) is 13.1 Å². The largest absolute Gasteiger partial charge is 0.495 e. The first-order valence-electron chi connectivity index (χ1n) is 7.74. The van der Waals surface area contributed by atoms with Crippen LogP contribution < -0.4 is 10.1 Å². The highest BCUT2D eigenvalue weighted by molar-refractivity contribution is 5.89. The molecule has 0 bridgehead atoms. The molecule has 0 saturated carbocycles. The van der Waals surface area contributed by atoms with Gasteiger partial charge in [-0.3, -0.25) is 0 Å². The number of hydrogen-bond acceptors (Lipinski definition) is 5. The van der Waals surface area contributed by atoms with Gasteiger partial charge in [-0.15, -0.1) is 5.10 Å². The summed E-state index contributed by atoms with van der Waals surface area (Å²) in [6.45, 7) is 1.12. The Morgan fingerprint density at radius 3 is 2.76 bits per heavy atom. The van der Waals surface area contributed by atoms with Crippen LogP contribution in [-0.4, -0.2) is 33.2 Å². The summed E-state index contributed by atoms with van der Waals surface area (Å²) in [5, 5.41) is 20.4. The van der Waals surface area contributed by atoms with Gasteiger partial charge in [0.2, 0.25) is 0 Å². The maximum absolute atomic E-state index is 11.0. The van der Waals surface area contributed by atoms with Crippen LogP contribution in [0.1, 0.15) is 21.6 Å². The number of rotatable bonds is 7. The summed E-state index contributed by atoms with van der Waals surface area (Å²) >= 11 is 0. The highest BCUT2D eigenvalue weighted by Gasteiger charge is 2.10. The van der Waals surface area contributed by atoms with Crippen LogP contribution in [0.3, 0.4) is 0 Å². The normalized spacial score (nSPS) is 10.4. The Morgan fingerprint density at radius 2 is 2.04 bits per heavy atom. The molecule has 25 heavy (non-hydrogen) atoms. The van der Waals surface area contributed by atoms with Crippen molar-refractivity contribution in [3.05, 3.63) is 71.5 Å². The fourth-order valence-electron chi connectivity index (χ4n) is 2.46. The Labute approximate surface area is 144 Å². The second kappa shape index (κ2) is 7.48. The summed E-state index contributed by atoms with van der Waals surface area (Å²) in [4.78, 5) is 11.0. The molecule has 0 atom stereocenters. The number of nitrogens with zero attached hydrogens (tertiary/aromatic N) is 3. The molecule has 3 rings (SSSR count). The Balaban J connectivity index is 1.72. The van der Waals surface area contributed by atoms with E-state index in [1.54, 1.807) is 12.3 Å². The third-order valence-electron chi connectivity index (χ3n) is 3.78. The molecule has 1 heterocycles. The average molecular weight is 338 g/mol. The topological polar surface area (TPSA) is 89.3 Å². The lowest BCUT2D eigenvalue weighted by atomic mass is 10.2. The molecule has 7 heteroatoms. The summed E-state index contributed by atoms with van der Waals surface area (Å²) < 4.78 is 7.09. The van der Waals surface area contributed by atoms with E-state index in [1.807, 2.05) is 35.0 Å². The number of carboxylic acid groups (broad SMARTS) is 1. The van der Waals surface area contributed by atoms with Crippen LogP contribution in [0.25, 0.3) is 0 Å². The van der Waals surface area contributed by atoms with Crippen LogP contribution >= 0.6 is 0 Å². The number of aromatic carboxylic acids is 1. The molecule has 3 aromatic rings. The van der Waals surface area contributed by atoms with Gasteiger partial charge < -0.3 is 15.2 Å². The molecular weight excluding hydrogens is 320 g/mol.